The highest BCUT2D eigenvalue weighted by Crippen LogP contribution is 2.27. The number of amides is 2. The maximum atomic E-state index is 12.6. The number of carbonyl (C=O) groups excluding carboxylic acids is 2. The molecule has 2 heterocycles. The molecule has 1 aliphatic heterocycles. The van der Waals surface area contributed by atoms with Crippen molar-refractivity contribution in [3.05, 3.63) is 30.6 Å². The minimum Gasteiger partial charge on any atom is -0.339 e. The number of carbonyl (C=O) groups is 2. The number of fused-ring (bicyclic) bond motifs is 1. The van der Waals surface area contributed by atoms with Crippen LogP contribution in [-0.4, -0.2) is 57.3 Å². The minimum atomic E-state index is 0.163. The Bertz CT molecular complexity index is 786. The van der Waals surface area contributed by atoms with E-state index in [2.05, 4.69) is 4.98 Å². The maximum Gasteiger partial charge on any atom is 0.225 e. The van der Waals surface area contributed by atoms with Gasteiger partial charge in [-0.25, -0.2) is 4.98 Å². The molecule has 0 N–H and O–H groups in total. The Balaban J connectivity index is 1.27. The molecular formula is C20H26N4O2. The minimum absolute atomic E-state index is 0.163. The number of nitrogens with zero attached hydrogens (tertiary/aromatic N) is 4. The molecule has 1 saturated carbocycles. The summed E-state index contributed by atoms with van der Waals surface area (Å²) < 4.78 is 2.03. The molecule has 26 heavy (non-hydrogen) atoms. The summed E-state index contributed by atoms with van der Waals surface area (Å²) >= 11 is 0. The van der Waals surface area contributed by atoms with Crippen molar-refractivity contribution in [2.45, 2.75) is 38.6 Å². The summed E-state index contributed by atoms with van der Waals surface area (Å²) in [7, 11) is 0. The summed E-state index contributed by atoms with van der Waals surface area (Å²) in [5.74, 6) is 0.696. The first-order valence-electron chi connectivity index (χ1n) is 9.69. The Kier molecular flexibility index (Phi) is 4.91. The molecule has 1 aliphatic carbocycles. The molecule has 0 bridgehead atoms. The molecule has 6 heteroatoms. The van der Waals surface area contributed by atoms with E-state index in [1.54, 1.807) is 6.33 Å². The number of hydrogen-bond donors (Lipinski definition) is 0. The van der Waals surface area contributed by atoms with Crippen LogP contribution < -0.4 is 0 Å². The average Bonchev–Trinajstić information content (AvgIpc) is 3.36. The van der Waals surface area contributed by atoms with E-state index in [0.717, 1.165) is 23.9 Å². The number of aryl methyl sites for hydroxylation is 1. The zero-order chi connectivity index (χ0) is 17.9. The van der Waals surface area contributed by atoms with E-state index < -0.39 is 0 Å². The van der Waals surface area contributed by atoms with Crippen LogP contribution in [-0.2, 0) is 16.1 Å². The van der Waals surface area contributed by atoms with Crippen LogP contribution in [0.2, 0.25) is 0 Å². The molecule has 0 radical (unpaired) electrons. The molecule has 0 atom stereocenters. The van der Waals surface area contributed by atoms with Gasteiger partial charge in [-0.3, -0.25) is 9.59 Å². The molecule has 1 aromatic carbocycles. The third-order valence-corrected chi connectivity index (χ3v) is 5.74. The molecule has 4 rings (SSSR count). The van der Waals surface area contributed by atoms with Gasteiger partial charge in [-0.1, -0.05) is 25.0 Å². The monoisotopic (exact) mass is 354 g/mol. The van der Waals surface area contributed by atoms with E-state index >= 15 is 0 Å². The van der Waals surface area contributed by atoms with Crippen molar-refractivity contribution >= 4 is 22.8 Å². The third kappa shape index (κ3) is 3.45. The summed E-state index contributed by atoms with van der Waals surface area (Å²) in [6, 6.07) is 7.97. The van der Waals surface area contributed by atoms with Crippen LogP contribution in [0.4, 0.5) is 0 Å². The largest absolute Gasteiger partial charge is 0.339 e. The van der Waals surface area contributed by atoms with E-state index in [-0.39, 0.29) is 11.8 Å². The second-order valence-electron chi connectivity index (χ2n) is 7.36. The van der Waals surface area contributed by atoms with Crippen molar-refractivity contribution in [2.24, 2.45) is 5.92 Å². The highest BCUT2D eigenvalue weighted by atomic mass is 16.2. The maximum absolute atomic E-state index is 12.6. The van der Waals surface area contributed by atoms with Crippen molar-refractivity contribution in [2.75, 3.05) is 26.2 Å². The fraction of sp³-hybridized carbons (Fsp3) is 0.550. The van der Waals surface area contributed by atoms with Crippen LogP contribution in [0.5, 0.6) is 0 Å². The van der Waals surface area contributed by atoms with Crippen LogP contribution in [0, 0.1) is 5.92 Å². The lowest BCUT2D eigenvalue weighted by Gasteiger charge is -2.36. The molecule has 2 fully saturated rings. The first kappa shape index (κ1) is 17.1. The molecule has 1 aromatic heterocycles. The van der Waals surface area contributed by atoms with Crippen LogP contribution in [0.1, 0.15) is 32.1 Å². The van der Waals surface area contributed by atoms with E-state index in [1.807, 2.05) is 38.6 Å². The summed E-state index contributed by atoms with van der Waals surface area (Å²) in [5, 5.41) is 0. The molecular weight excluding hydrogens is 328 g/mol. The Morgan fingerprint density at radius 1 is 1.00 bits per heavy atom. The van der Waals surface area contributed by atoms with Crippen LogP contribution >= 0.6 is 0 Å². The summed E-state index contributed by atoms with van der Waals surface area (Å²) in [4.78, 5) is 33.3. The standard InChI is InChI=1S/C20H26N4O2/c25-19(9-10-24-15-21-17-7-3-4-8-18(17)24)22-11-13-23(14-12-22)20(26)16-5-1-2-6-16/h3-4,7-8,15-16H,1-2,5-6,9-14H2. The van der Waals surface area contributed by atoms with Crippen molar-refractivity contribution in [1.82, 2.24) is 19.4 Å². The van der Waals surface area contributed by atoms with Gasteiger partial charge in [-0.15, -0.1) is 0 Å². The van der Waals surface area contributed by atoms with Gasteiger partial charge in [0.2, 0.25) is 11.8 Å². The molecule has 2 aliphatic rings. The fourth-order valence-electron chi connectivity index (χ4n) is 4.17. The zero-order valence-corrected chi connectivity index (χ0v) is 15.1. The molecule has 138 valence electrons. The second kappa shape index (κ2) is 7.48. The van der Waals surface area contributed by atoms with Crippen LogP contribution in [0.15, 0.2) is 30.6 Å². The van der Waals surface area contributed by atoms with E-state index in [0.29, 0.717) is 45.1 Å². The number of hydrogen-bond acceptors (Lipinski definition) is 3. The molecule has 2 aromatic rings. The number of para-hydroxylation sites is 2. The van der Waals surface area contributed by atoms with Crippen molar-refractivity contribution in [3.8, 4) is 0 Å². The Hall–Kier alpha value is -2.37. The third-order valence-electron chi connectivity index (χ3n) is 5.74. The summed E-state index contributed by atoms with van der Waals surface area (Å²) in [5.41, 5.74) is 2.02. The van der Waals surface area contributed by atoms with Gasteiger partial charge in [0.15, 0.2) is 0 Å². The van der Waals surface area contributed by atoms with E-state index in [9.17, 15) is 9.59 Å². The fourth-order valence-corrected chi connectivity index (χ4v) is 4.17. The van der Waals surface area contributed by atoms with E-state index in [1.165, 1.54) is 12.8 Å². The van der Waals surface area contributed by atoms with Crippen molar-refractivity contribution in [3.63, 3.8) is 0 Å². The summed E-state index contributed by atoms with van der Waals surface area (Å²) in [6.07, 6.45) is 6.70. The molecule has 0 unspecified atom stereocenters. The predicted molar refractivity (Wildman–Crippen MR) is 99.5 cm³/mol. The second-order valence-corrected chi connectivity index (χ2v) is 7.36. The predicted octanol–water partition coefficient (Wildman–Crippen LogP) is 2.29. The Labute approximate surface area is 153 Å². The van der Waals surface area contributed by atoms with Crippen molar-refractivity contribution < 1.29 is 9.59 Å². The first-order chi connectivity index (χ1) is 12.7. The summed E-state index contributed by atoms with van der Waals surface area (Å²) in [6.45, 7) is 3.30. The lowest BCUT2D eigenvalue weighted by Crippen LogP contribution is -2.51. The quantitative estimate of drug-likeness (QED) is 0.846. The van der Waals surface area contributed by atoms with Gasteiger partial charge in [-0.2, -0.15) is 0 Å². The normalized spacial score (nSPS) is 18.6. The lowest BCUT2D eigenvalue weighted by molar-refractivity contribution is -0.142. The van der Waals surface area contributed by atoms with Crippen LogP contribution in [0.25, 0.3) is 11.0 Å². The smallest absolute Gasteiger partial charge is 0.225 e. The zero-order valence-electron chi connectivity index (χ0n) is 15.1. The number of piperazine rings is 1. The number of rotatable bonds is 4. The van der Waals surface area contributed by atoms with Gasteiger partial charge in [0.25, 0.3) is 0 Å². The number of benzene rings is 1. The van der Waals surface area contributed by atoms with Gasteiger partial charge < -0.3 is 14.4 Å². The van der Waals surface area contributed by atoms with Gasteiger partial charge in [0, 0.05) is 45.1 Å². The van der Waals surface area contributed by atoms with Crippen LogP contribution in [0.3, 0.4) is 0 Å². The SMILES string of the molecule is O=C(CCn1cnc2ccccc21)N1CCN(C(=O)C2CCCC2)CC1. The molecule has 0 spiro atoms. The first-order valence-corrected chi connectivity index (χ1v) is 9.69. The molecule has 2 amide bonds. The lowest BCUT2D eigenvalue weighted by atomic mass is 10.1. The number of imidazole rings is 1. The topological polar surface area (TPSA) is 58.4 Å². The van der Waals surface area contributed by atoms with Gasteiger partial charge >= 0.3 is 0 Å². The number of aromatic nitrogens is 2. The molecule has 1 saturated heterocycles. The van der Waals surface area contributed by atoms with Gasteiger partial charge in [0.1, 0.15) is 0 Å². The average molecular weight is 354 g/mol. The van der Waals surface area contributed by atoms with E-state index in [4.69, 9.17) is 0 Å². The highest BCUT2D eigenvalue weighted by molar-refractivity contribution is 5.80. The Morgan fingerprint density at radius 2 is 1.69 bits per heavy atom. The van der Waals surface area contributed by atoms with Crippen molar-refractivity contribution in [1.29, 1.82) is 0 Å². The van der Waals surface area contributed by atoms with Gasteiger partial charge in [0.05, 0.1) is 17.4 Å². The highest BCUT2D eigenvalue weighted by Gasteiger charge is 2.30. The van der Waals surface area contributed by atoms with Gasteiger partial charge in [-0.05, 0) is 25.0 Å². The molecule has 6 nitrogen and oxygen atoms in total. The Morgan fingerprint density at radius 3 is 2.46 bits per heavy atom.